The molecule has 2 aromatic carbocycles. The van der Waals surface area contributed by atoms with Gasteiger partial charge in [-0.1, -0.05) is 85.2 Å². The number of hydrogen-bond donors (Lipinski definition) is 4. The number of carbonyl (C=O) groups excluding carboxylic acids is 2. The van der Waals surface area contributed by atoms with Crippen LogP contribution in [-0.4, -0.2) is 59.9 Å². The summed E-state index contributed by atoms with van der Waals surface area (Å²) in [6.07, 6.45) is 10.6. The summed E-state index contributed by atoms with van der Waals surface area (Å²) in [4.78, 5) is 22.4. The first-order valence-corrected chi connectivity index (χ1v) is 13.3. The number of nitrogens with one attached hydrogen (secondary N) is 2. The maximum atomic E-state index is 12.5. The molecule has 2 unspecified atom stereocenters. The Bertz CT molecular complexity index is 1190. The van der Waals surface area contributed by atoms with Crippen LogP contribution in [0.1, 0.15) is 50.3 Å². The molecule has 2 aliphatic rings. The number of allylic oxidation sites excluding steroid dienone is 5. The molecule has 1 aliphatic heterocycles. The molecule has 0 aromatic heterocycles. The highest BCUT2D eigenvalue weighted by Crippen LogP contribution is 2.24. The molecule has 1 heterocycles. The maximum absolute atomic E-state index is 12.5. The number of nitrogens with zero attached hydrogens (tertiary/aromatic N) is 2. The van der Waals surface area contributed by atoms with Crippen molar-refractivity contribution in [2.45, 2.75) is 59.2 Å². The first kappa shape index (κ1) is 34.0. The quantitative estimate of drug-likeness (QED) is 0.388. The van der Waals surface area contributed by atoms with E-state index >= 15 is 0 Å². The van der Waals surface area contributed by atoms with Gasteiger partial charge in [-0.05, 0) is 51.3 Å². The summed E-state index contributed by atoms with van der Waals surface area (Å²) in [5.74, 6) is -0.236. The summed E-state index contributed by atoms with van der Waals surface area (Å²) in [6.45, 7) is 10.2. The zero-order chi connectivity index (χ0) is 30.1. The third-order valence-corrected chi connectivity index (χ3v) is 6.35. The lowest BCUT2D eigenvalue weighted by Gasteiger charge is -2.26. The number of fused-ring (bicyclic) bond motifs is 1. The summed E-state index contributed by atoms with van der Waals surface area (Å²) < 4.78 is 0. The lowest BCUT2D eigenvalue weighted by atomic mass is 10.1. The highest BCUT2D eigenvalue weighted by molar-refractivity contribution is 6.13. The number of aliphatic hydroxyl groups excluding tert-OH is 2. The third kappa shape index (κ3) is 10.3. The van der Waals surface area contributed by atoms with E-state index in [1.165, 1.54) is 29.5 Å². The van der Waals surface area contributed by atoms with E-state index in [0.717, 1.165) is 30.5 Å². The predicted molar refractivity (Wildman–Crippen MR) is 164 cm³/mol. The second-order valence-corrected chi connectivity index (χ2v) is 9.23. The summed E-state index contributed by atoms with van der Waals surface area (Å²) in [7, 11) is 2.88. The van der Waals surface area contributed by atoms with Crippen molar-refractivity contribution in [3.63, 3.8) is 0 Å². The van der Waals surface area contributed by atoms with Crippen LogP contribution in [0.4, 0.5) is 5.69 Å². The van der Waals surface area contributed by atoms with E-state index in [9.17, 15) is 9.90 Å². The molecule has 0 saturated heterocycles. The summed E-state index contributed by atoms with van der Waals surface area (Å²) >= 11 is 0. The number of anilines is 1. The summed E-state index contributed by atoms with van der Waals surface area (Å²) in [6, 6.07) is 15.8. The highest BCUT2D eigenvalue weighted by Gasteiger charge is 2.26. The van der Waals surface area contributed by atoms with E-state index in [4.69, 9.17) is 9.90 Å². The van der Waals surface area contributed by atoms with Gasteiger partial charge < -0.3 is 25.2 Å². The van der Waals surface area contributed by atoms with Gasteiger partial charge in [0.05, 0.1) is 0 Å². The molecule has 0 fully saturated rings. The number of amides is 1. The lowest BCUT2D eigenvalue weighted by Crippen LogP contribution is -2.41. The van der Waals surface area contributed by atoms with Gasteiger partial charge in [0.1, 0.15) is 18.5 Å². The van der Waals surface area contributed by atoms with Crippen LogP contribution in [0.2, 0.25) is 0 Å². The van der Waals surface area contributed by atoms with E-state index in [-0.39, 0.29) is 5.91 Å². The average Bonchev–Trinajstić information content (AvgIpc) is 3.14. The Hall–Kier alpha value is -4.01. The van der Waals surface area contributed by atoms with Gasteiger partial charge in [-0.15, -0.1) is 0 Å². The molecule has 2 aromatic rings. The number of para-hydroxylation sites is 1. The molecule has 0 radical (unpaired) electrons. The average molecular weight is 549 g/mol. The second kappa shape index (κ2) is 18.3. The van der Waals surface area contributed by atoms with Gasteiger partial charge in [0.25, 0.3) is 5.91 Å². The number of benzene rings is 2. The largest absolute Gasteiger partial charge is 0.400 e. The van der Waals surface area contributed by atoms with Crippen molar-refractivity contribution in [2.75, 3.05) is 19.5 Å². The molecule has 40 heavy (non-hydrogen) atoms. The summed E-state index contributed by atoms with van der Waals surface area (Å²) in [5.41, 5.74) is 9.58. The van der Waals surface area contributed by atoms with Gasteiger partial charge in [-0.2, -0.15) is 5.10 Å². The van der Waals surface area contributed by atoms with Gasteiger partial charge in [0.2, 0.25) is 0 Å². The zero-order valence-corrected chi connectivity index (χ0v) is 24.5. The molecule has 0 spiro atoms. The van der Waals surface area contributed by atoms with Crippen molar-refractivity contribution in [3.8, 4) is 0 Å². The molecular weight excluding hydrogens is 504 g/mol. The van der Waals surface area contributed by atoms with Crippen molar-refractivity contribution in [2.24, 2.45) is 5.10 Å². The topological polar surface area (TPSA) is 114 Å². The summed E-state index contributed by atoms with van der Waals surface area (Å²) in [5, 5.41) is 24.2. The van der Waals surface area contributed by atoms with E-state index in [1.54, 1.807) is 0 Å². The molecule has 1 amide bonds. The van der Waals surface area contributed by atoms with Crippen LogP contribution in [0.15, 0.2) is 89.2 Å². The van der Waals surface area contributed by atoms with Crippen molar-refractivity contribution in [3.05, 3.63) is 101 Å². The number of hydrazone groups is 1. The van der Waals surface area contributed by atoms with Crippen LogP contribution in [0.5, 0.6) is 0 Å². The van der Waals surface area contributed by atoms with Gasteiger partial charge in [-0.3, -0.25) is 4.79 Å². The Morgan fingerprint density at radius 2 is 1.75 bits per heavy atom. The van der Waals surface area contributed by atoms with E-state index in [1.807, 2.05) is 62.1 Å². The number of carbonyl (C=O) groups is 2. The number of rotatable bonds is 6. The molecule has 2 atom stereocenters. The van der Waals surface area contributed by atoms with Crippen LogP contribution in [0, 0.1) is 6.92 Å². The minimum atomic E-state index is -0.928. The molecule has 216 valence electrons. The number of likely N-dealkylation sites (N-methyl/N-ethyl adjacent to an activating group) is 1. The monoisotopic (exact) mass is 548 g/mol. The molecular formula is C32H44N4O4. The normalized spacial score (nSPS) is 16.5. The first-order valence-electron chi connectivity index (χ1n) is 13.3. The molecule has 4 rings (SSSR count). The van der Waals surface area contributed by atoms with E-state index < -0.39 is 12.3 Å². The van der Waals surface area contributed by atoms with Crippen molar-refractivity contribution >= 4 is 24.1 Å². The SMILES string of the molecule is C=O.CC1=CCC=C(N(C)C(C)C(=O)N/N=C2/c3ccccc3NC2O)C=C1.CCCc1ccc(C)cc1.CO. The highest BCUT2D eigenvalue weighted by atomic mass is 16.3. The fourth-order valence-corrected chi connectivity index (χ4v) is 3.95. The van der Waals surface area contributed by atoms with Crippen LogP contribution in [0.25, 0.3) is 0 Å². The Balaban J connectivity index is 0.000000477. The molecule has 0 saturated carbocycles. The molecule has 8 heteroatoms. The third-order valence-electron chi connectivity index (χ3n) is 6.35. The van der Waals surface area contributed by atoms with E-state index in [0.29, 0.717) is 5.71 Å². The van der Waals surface area contributed by atoms with Gasteiger partial charge in [0.15, 0.2) is 6.23 Å². The first-order chi connectivity index (χ1) is 19.3. The second-order valence-electron chi connectivity index (χ2n) is 9.23. The Labute approximate surface area is 238 Å². The molecule has 4 N–H and O–H groups in total. The minimum absolute atomic E-state index is 0.236. The van der Waals surface area contributed by atoms with Crippen LogP contribution >= 0.6 is 0 Å². The predicted octanol–water partition coefficient (Wildman–Crippen LogP) is 4.73. The van der Waals surface area contributed by atoms with Crippen LogP contribution in [0.3, 0.4) is 0 Å². The zero-order valence-electron chi connectivity index (χ0n) is 24.5. The molecule has 8 nitrogen and oxygen atoms in total. The Morgan fingerprint density at radius 1 is 1.10 bits per heavy atom. The molecule has 1 aliphatic carbocycles. The van der Waals surface area contributed by atoms with Crippen LogP contribution in [-0.2, 0) is 16.0 Å². The molecule has 0 bridgehead atoms. The number of aliphatic hydroxyl groups is 2. The number of aryl methyl sites for hydroxylation is 2. The van der Waals surface area contributed by atoms with Crippen LogP contribution < -0.4 is 10.7 Å². The number of hydrogen-bond acceptors (Lipinski definition) is 7. The van der Waals surface area contributed by atoms with Crippen molar-refractivity contribution in [1.29, 1.82) is 0 Å². The van der Waals surface area contributed by atoms with E-state index in [2.05, 4.69) is 73.0 Å². The van der Waals surface area contributed by atoms with Crippen molar-refractivity contribution in [1.82, 2.24) is 10.3 Å². The van der Waals surface area contributed by atoms with Gasteiger partial charge >= 0.3 is 0 Å². The van der Waals surface area contributed by atoms with Gasteiger partial charge in [-0.25, -0.2) is 5.43 Å². The fourth-order valence-electron chi connectivity index (χ4n) is 3.95. The smallest absolute Gasteiger partial charge is 0.262 e. The maximum Gasteiger partial charge on any atom is 0.262 e. The minimum Gasteiger partial charge on any atom is -0.400 e. The standard InChI is InChI=1S/C20H24N4O2.C10H14.CH4O.CH2O/c1-13-7-6-8-15(12-11-13)24(3)14(2)19(25)23-22-18-16-9-4-5-10-17(16)21-20(18)26;1-3-4-10-7-5-9(2)6-8-10;2*1-2/h4-5,7-12,14,20-21,26H,6H2,1-3H3,(H,23,25);5-8H,3-4H2,1-2H3;2H,1H3;1H2/b22-18-;;;. The Kier molecular flexibility index (Phi) is 15.6. The fraction of sp³-hybridized carbons (Fsp3) is 0.344. The Morgan fingerprint density at radius 3 is 2.40 bits per heavy atom. The van der Waals surface area contributed by atoms with Gasteiger partial charge in [0, 0.05) is 31.1 Å². The lowest BCUT2D eigenvalue weighted by molar-refractivity contribution is -0.124. The van der Waals surface area contributed by atoms with Crippen molar-refractivity contribution < 1.29 is 19.8 Å².